The molecule has 0 aliphatic carbocycles. The highest BCUT2D eigenvalue weighted by Crippen LogP contribution is 2.39. The van der Waals surface area contributed by atoms with Gasteiger partial charge in [-0.1, -0.05) is 176 Å². The molecule has 0 amide bonds. The van der Waals surface area contributed by atoms with E-state index in [1.807, 2.05) is 0 Å². The minimum atomic E-state index is 0.890. The van der Waals surface area contributed by atoms with Crippen LogP contribution in [0.5, 0.6) is 0 Å². The van der Waals surface area contributed by atoms with Crippen LogP contribution in [0.2, 0.25) is 0 Å². The van der Waals surface area contributed by atoms with Gasteiger partial charge in [-0.2, -0.15) is 0 Å². The summed E-state index contributed by atoms with van der Waals surface area (Å²) in [4.78, 5) is 5.38. The quantitative estimate of drug-likeness (QED) is 0.165. The minimum Gasteiger partial charge on any atom is -0.309 e. The van der Waals surface area contributed by atoms with Crippen molar-refractivity contribution in [3.8, 4) is 56.1 Å². The van der Waals surface area contributed by atoms with Crippen LogP contribution in [0.25, 0.3) is 111 Å². The molecule has 12 rings (SSSR count). The second kappa shape index (κ2) is 13.8. The second-order valence-electron chi connectivity index (χ2n) is 15.6. The van der Waals surface area contributed by atoms with Crippen LogP contribution in [0.15, 0.2) is 224 Å². The van der Waals surface area contributed by atoms with Gasteiger partial charge in [-0.3, -0.25) is 4.57 Å². The molecular weight excluding hydrogens is 727 g/mol. The maximum Gasteiger partial charge on any atom is 0.138 e. The monoisotopic (exact) mass is 763 g/mol. The number of aromatic nitrogens is 3. The molecule has 0 radical (unpaired) electrons. The number of benzene rings is 9. The van der Waals surface area contributed by atoms with Crippen LogP contribution in [0.3, 0.4) is 0 Å². The molecule has 12 aromatic rings. The zero-order valence-corrected chi connectivity index (χ0v) is 32.7. The van der Waals surface area contributed by atoms with Crippen LogP contribution in [-0.2, 0) is 0 Å². The number of pyridine rings is 1. The molecule has 0 fully saturated rings. The first kappa shape index (κ1) is 34.1. The summed E-state index contributed by atoms with van der Waals surface area (Å²) in [5.41, 5.74) is 14.8. The molecule has 60 heavy (non-hydrogen) atoms. The average molecular weight is 764 g/mol. The SMILES string of the molecule is c1ccc(-c2cc(-c3ccccc3)nc(-n3c4ccccc4c4ccc(-c5ccc6c7ccccc7n(-c7ccc(-c8cccc9ccccc89)cc7)c6c5)cc43)c2)cc1. The molecule has 3 heterocycles. The Hall–Kier alpha value is -8.01. The van der Waals surface area contributed by atoms with Gasteiger partial charge in [0.1, 0.15) is 5.82 Å². The van der Waals surface area contributed by atoms with Gasteiger partial charge in [0.2, 0.25) is 0 Å². The zero-order valence-electron chi connectivity index (χ0n) is 32.7. The predicted molar refractivity (Wildman–Crippen MR) is 252 cm³/mol. The third-order valence-corrected chi connectivity index (χ3v) is 12.1. The van der Waals surface area contributed by atoms with Gasteiger partial charge in [-0.15, -0.1) is 0 Å². The van der Waals surface area contributed by atoms with Crippen LogP contribution in [-0.4, -0.2) is 14.1 Å². The maximum absolute atomic E-state index is 5.38. The van der Waals surface area contributed by atoms with E-state index in [2.05, 4.69) is 234 Å². The molecule has 280 valence electrons. The lowest BCUT2D eigenvalue weighted by Crippen LogP contribution is -2.00. The van der Waals surface area contributed by atoms with E-state index < -0.39 is 0 Å². The third-order valence-electron chi connectivity index (χ3n) is 12.1. The predicted octanol–water partition coefficient (Wildman–Crippen LogP) is 15.1. The molecule has 3 aromatic heterocycles. The first-order chi connectivity index (χ1) is 29.7. The van der Waals surface area contributed by atoms with E-state index in [0.717, 1.165) is 56.0 Å². The van der Waals surface area contributed by atoms with E-state index in [1.54, 1.807) is 0 Å². The molecule has 3 nitrogen and oxygen atoms in total. The van der Waals surface area contributed by atoms with Gasteiger partial charge in [-0.05, 0) is 92.7 Å². The van der Waals surface area contributed by atoms with Crippen molar-refractivity contribution in [3.05, 3.63) is 224 Å². The molecule has 3 heteroatoms. The van der Waals surface area contributed by atoms with Gasteiger partial charge in [0, 0.05) is 32.8 Å². The summed E-state index contributed by atoms with van der Waals surface area (Å²) in [6.07, 6.45) is 0. The highest BCUT2D eigenvalue weighted by molar-refractivity contribution is 6.12. The normalized spacial score (nSPS) is 11.7. The minimum absolute atomic E-state index is 0.890. The van der Waals surface area contributed by atoms with Crippen LogP contribution >= 0.6 is 0 Å². The van der Waals surface area contributed by atoms with Crippen LogP contribution in [0, 0.1) is 0 Å². The molecule has 0 aliphatic rings. The molecule has 0 atom stereocenters. The summed E-state index contributed by atoms with van der Waals surface area (Å²) < 4.78 is 4.76. The number of hydrogen-bond acceptors (Lipinski definition) is 1. The van der Waals surface area contributed by atoms with Gasteiger partial charge >= 0.3 is 0 Å². The summed E-state index contributed by atoms with van der Waals surface area (Å²) in [6, 6.07) is 81.1. The molecule has 9 aromatic carbocycles. The fourth-order valence-corrected chi connectivity index (χ4v) is 9.28. The Morgan fingerprint density at radius 2 is 0.800 bits per heavy atom. The van der Waals surface area contributed by atoms with Gasteiger partial charge < -0.3 is 4.57 Å². The van der Waals surface area contributed by atoms with E-state index in [0.29, 0.717) is 0 Å². The van der Waals surface area contributed by atoms with Gasteiger partial charge in [0.15, 0.2) is 0 Å². The summed E-state index contributed by atoms with van der Waals surface area (Å²) in [7, 11) is 0. The lowest BCUT2D eigenvalue weighted by molar-refractivity contribution is 1.08. The molecule has 0 spiro atoms. The van der Waals surface area contributed by atoms with Gasteiger partial charge in [0.25, 0.3) is 0 Å². The molecule has 0 saturated carbocycles. The van der Waals surface area contributed by atoms with E-state index in [-0.39, 0.29) is 0 Å². The van der Waals surface area contributed by atoms with E-state index in [9.17, 15) is 0 Å². The topological polar surface area (TPSA) is 22.8 Å². The van der Waals surface area contributed by atoms with Crippen LogP contribution in [0.1, 0.15) is 0 Å². The van der Waals surface area contributed by atoms with E-state index in [1.165, 1.54) is 54.5 Å². The van der Waals surface area contributed by atoms with Crippen molar-refractivity contribution in [2.24, 2.45) is 0 Å². The Labute approximate surface area is 347 Å². The summed E-state index contributed by atoms with van der Waals surface area (Å²) in [5, 5.41) is 7.39. The number of fused-ring (bicyclic) bond motifs is 7. The molecule has 0 saturated heterocycles. The van der Waals surface area contributed by atoms with Crippen molar-refractivity contribution >= 4 is 54.4 Å². The summed E-state index contributed by atoms with van der Waals surface area (Å²) in [5.74, 6) is 0.890. The Morgan fingerprint density at radius 3 is 1.48 bits per heavy atom. The van der Waals surface area contributed by atoms with Crippen molar-refractivity contribution in [1.29, 1.82) is 0 Å². The molecule has 0 aliphatic heterocycles. The highest BCUT2D eigenvalue weighted by atomic mass is 15.1. The Kier molecular flexibility index (Phi) is 7.85. The van der Waals surface area contributed by atoms with Crippen molar-refractivity contribution in [2.75, 3.05) is 0 Å². The van der Waals surface area contributed by atoms with E-state index in [4.69, 9.17) is 4.98 Å². The number of rotatable bonds is 6. The van der Waals surface area contributed by atoms with Crippen molar-refractivity contribution in [1.82, 2.24) is 14.1 Å². The first-order valence-corrected chi connectivity index (χ1v) is 20.5. The molecular formula is C57H37N3. The van der Waals surface area contributed by atoms with Crippen molar-refractivity contribution < 1.29 is 0 Å². The lowest BCUT2D eigenvalue weighted by Gasteiger charge is -2.13. The number of hydrogen-bond donors (Lipinski definition) is 0. The standard InChI is InChI=1S/C57H37N3/c1-3-14-38(15-4-1)44-34-52(41-17-5-2-6-18-41)58-57(37-44)60-54-25-12-10-22-49(54)51-33-29-43(36-56(51)60)42-28-32-50-48-21-9-11-24-53(48)59(55(50)35-42)45-30-26-40(27-31-45)47-23-13-19-39-16-7-8-20-46(39)47/h1-37H. The number of nitrogens with zero attached hydrogens (tertiary/aromatic N) is 3. The fraction of sp³-hybridized carbons (Fsp3) is 0. The first-order valence-electron chi connectivity index (χ1n) is 20.5. The highest BCUT2D eigenvalue weighted by Gasteiger charge is 2.18. The lowest BCUT2D eigenvalue weighted by atomic mass is 9.98. The largest absolute Gasteiger partial charge is 0.309 e. The Bertz CT molecular complexity index is 3510. The zero-order chi connectivity index (χ0) is 39.6. The molecule has 0 unspecified atom stereocenters. The summed E-state index contributed by atoms with van der Waals surface area (Å²) in [6.45, 7) is 0. The smallest absolute Gasteiger partial charge is 0.138 e. The van der Waals surface area contributed by atoms with Crippen LogP contribution < -0.4 is 0 Å². The van der Waals surface area contributed by atoms with Gasteiger partial charge in [-0.25, -0.2) is 4.98 Å². The van der Waals surface area contributed by atoms with Gasteiger partial charge in [0.05, 0.1) is 27.8 Å². The average Bonchev–Trinajstić information content (AvgIpc) is 3.84. The molecule has 0 N–H and O–H groups in total. The summed E-state index contributed by atoms with van der Waals surface area (Å²) >= 11 is 0. The number of para-hydroxylation sites is 2. The molecule has 0 bridgehead atoms. The van der Waals surface area contributed by atoms with Crippen LogP contribution in [0.4, 0.5) is 0 Å². The third kappa shape index (κ3) is 5.55. The van der Waals surface area contributed by atoms with Crippen molar-refractivity contribution in [2.45, 2.75) is 0 Å². The second-order valence-corrected chi connectivity index (χ2v) is 15.6. The fourth-order valence-electron chi connectivity index (χ4n) is 9.28. The Morgan fingerprint density at radius 1 is 0.283 bits per heavy atom. The maximum atomic E-state index is 5.38. The Balaban J connectivity index is 1.03. The van der Waals surface area contributed by atoms with Crippen molar-refractivity contribution in [3.63, 3.8) is 0 Å². The van der Waals surface area contributed by atoms with E-state index >= 15 is 0 Å².